The van der Waals surface area contributed by atoms with Crippen molar-refractivity contribution >= 4 is 17.2 Å². The summed E-state index contributed by atoms with van der Waals surface area (Å²) in [6.45, 7) is 7.07. The van der Waals surface area contributed by atoms with E-state index in [1.54, 1.807) is 0 Å². The third-order valence-corrected chi connectivity index (χ3v) is 2.56. The molecule has 2 N–H and O–H groups in total. The third kappa shape index (κ3) is 3.58. The molecule has 76 valence electrons. The van der Waals surface area contributed by atoms with Gasteiger partial charge in [0.2, 0.25) is 0 Å². The molecule has 4 heteroatoms. The summed E-state index contributed by atoms with van der Waals surface area (Å²) >= 11 is 4.89. The second-order valence-electron chi connectivity index (χ2n) is 3.70. The molecule has 0 amide bonds. The topological polar surface area (TPSA) is 38.5 Å². The summed E-state index contributed by atoms with van der Waals surface area (Å²) in [5, 5.41) is 0. The maximum absolute atomic E-state index is 5.51. The van der Waals surface area contributed by atoms with Gasteiger partial charge in [-0.3, -0.25) is 4.90 Å². The zero-order valence-corrected chi connectivity index (χ0v) is 9.14. The number of hydrogen-bond donors (Lipinski definition) is 1. The van der Waals surface area contributed by atoms with Crippen molar-refractivity contribution in [1.82, 2.24) is 4.90 Å². The predicted octanol–water partition coefficient (Wildman–Crippen LogP) is 0.772. The number of rotatable bonds is 3. The van der Waals surface area contributed by atoms with Crippen LogP contribution in [0.25, 0.3) is 0 Å². The van der Waals surface area contributed by atoms with E-state index >= 15 is 0 Å². The fourth-order valence-electron chi connectivity index (χ4n) is 1.67. The maximum atomic E-state index is 5.51. The minimum absolute atomic E-state index is 0.336. The van der Waals surface area contributed by atoms with Gasteiger partial charge in [-0.05, 0) is 13.8 Å². The Morgan fingerprint density at radius 2 is 2.46 bits per heavy atom. The molecular weight excluding hydrogens is 184 g/mol. The number of morpholine rings is 1. The fraction of sp³-hybridized carbons (Fsp3) is 0.889. The summed E-state index contributed by atoms with van der Waals surface area (Å²) in [5.74, 6) is 0. The van der Waals surface area contributed by atoms with E-state index in [2.05, 4.69) is 18.7 Å². The minimum atomic E-state index is 0.336. The van der Waals surface area contributed by atoms with E-state index in [0.29, 0.717) is 17.1 Å². The molecule has 0 bridgehead atoms. The smallest absolute Gasteiger partial charge is 0.0742 e. The maximum Gasteiger partial charge on any atom is 0.0742 e. The molecule has 13 heavy (non-hydrogen) atoms. The Labute approximate surface area is 85.2 Å². The first-order valence-corrected chi connectivity index (χ1v) is 5.14. The predicted molar refractivity (Wildman–Crippen MR) is 57.9 cm³/mol. The molecule has 0 aromatic carbocycles. The Balaban J connectivity index is 2.36. The monoisotopic (exact) mass is 202 g/mol. The summed E-state index contributed by atoms with van der Waals surface area (Å²) in [7, 11) is 0. The molecule has 1 heterocycles. The van der Waals surface area contributed by atoms with Crippen molar-refractivity contribution in [2.45, 2.75) is 32.4 Å². The number of nitrogens with two attached hydrogens (primary N) is 1. The van der Waals surface area contributed by atoms with Crippen molar-refractivity contribution in [1.29, 1.82) is 0 Å². The molecular formula is C9H18N2OS. The van der Waals surface area contributed by atoms with Crippen LogP contribution in [0.5, 0.6) is 0 Å². The first-order valence-electron chi connectivity index (χ1n) is 4.73. The van der Waals surface area contributed by atoms with E-state index in [1.807, 2.05) is 0 Å². The van der Waals surface area contributed by atoms with Crippen LogP contribution in [-0.4, -0.2) is 41.7 Å². The Hall–Kier alpha value is -0.190. The van der Waals surface area contributed by atoms with E-state index < -0.39 is 0 Å². The molecule has 1 aliphatic rings. The zero-order valence-electron chi connectivity index (χ0n) is 8.32. The number of thiocarbonyl (C=S) groups is 1. The molecule has 0 radical (unpaired) electrons. The van der Waals surface area contributed by atoms with Crippen LogP contribution in [0.3, 0.4) is 0 Å². The van der Waals surface area contributed by atoms with E-state index in [0.717, 1.165) is 26.1 Å². The summed E-state index contributed by atoms with van der Waals surface area (Å²) < 4.78 is 5.46. The second-order valence-corrected chi connectivity index (χ2v) is 4.22. The van der Waals surface area contributed by atoms with Crippen LogP contribution in [0, 0.1) is 0 Å². The van der Waals surface area contributed by atoms with Crippen LogP contribution in [0.1, 0.15) is 20.3 Å². The number of hydrogen-bond acceptors (Lipinski definition) is 3. The summed E-state index contributed by atoms with van der Waals surface area (Å²) in [6, 6.07) is 0.448. The van der Waals surface area contributed by atoms with Crippen molar-refractivity contribution in [3.05, 3.63) is 0 Å². The van der Waals surface area contributed by atoms with Crippen LogP contribution in [0.4, 0.5) is 0 Å². The Morgan fingerprint density at radius 3 is 3.00 bits per heavy atom. The van der Waals surface area contributed by atoms with Gasteiger partial charge in [0.25, 0.3) is 0 Å². The lowest BCUT2D eigenvalue weighted by atomic mass is 10.1. The lowest BCUT2D eigenvalue weighted by Gasteiger charge is -2.35. The van der Waals surface area contributed by atoms with Crippen LogP contribution >= 0.6 is 12.2 Å². The molecule has 0 aromatic rings. The fourth-order valence-corrected chi connectivity index (χ4v) is 1.91. The highest BCUT2D eigenvalue weighted by atomic mass is 32.1. The molecule has 3 nitrogen and oxygen atoms in total. The van der Waals surface area contributed by atoms with Crippen LogP contribution < -0.4 is 5.73 Å². The first-order chi connectivity index (χ1) is 6.09. The number of nitrogens with zero attached hydrogens (tertiary/aromatic N) is 1. The molecule has 0 aromatic heterocycles. The van der Waals surface area contributed by atoms with Gasteiger partial charge in [0.1, 0.15) is 0 Å². The molecule has 2 unspecified atom stereocenters. The van der Waals surface area contributed by atoms with Crippen molar-refractivity contribution in [2.24, 2.45) is 5.73 Å². The highest BCUT2D eigenvalue weighted by molar-refractivity contribution is 7.80. The Morgan fingerprint density at radius 1 is 1.77 bits per heavy atom. The van der Waals surface area contributed by atoms with Gasteiger partial charge in [-0.2, -0.15) is 0 Å². The first kappa shape index (κ1) is 10.9. The second kappa shape index (κ2) is 4.88. The molecule has 1 rings (SSSR count). The third-order valence-electron chi connectivity index (χ3n) is 2.39. The lowest BCUT2D eigenvalue weighted by molar-refractivity contribution is -0.0303. The van der Waals surface area contributed by atoms with Gasteiger partial charge in [0, 0.05) is 25.6 Å². The van der Waals surface area contributed by atoms with Gasteiger partial charge in [-0.15, -0.1) is 0 Å². The van der Waals surface area contributed by atoms with Gasteiger partial charge >= 0.3 is 0 Å². The molecule has 1 saturated heterocycles. The quantitative estimate of drug-likeness (QED) is 0.686. The van der Waals surface area contributed by atoms with Crippen molar-refractivity contribution in [3.8, 4) is 0 Å². The Kier molecular flexibility index (Phi) is 4.09. The lowest BCUT2D eigenvalue weighted by Crippen LogP contribution is -2.46. The van der Waals surface area contributed by atoms with Crippen LogP contribution in [0.15, 0.2) is 0 Å². The Bertz CT molecular complexity index is 186. The van der Waals surface area contributed by atoms with Crippen molar-refractivity contribution in [3.63, 3.8) is 0 Å². The van der Waals surface area contributed by atoms with E-state index in [4.69, 9.17) is 22.7 Å². The molecule has 0 saturated carbocycles. The normalized spacial score (nSPS) is 27.1. The standard InChI is InChI=1S/C9H18N2OS/c1-7(5-9(10)13)11-3-4-12-8(2)6-11/h7-8H,3-6H2,1-2H3,(H2,10,13). The molecule has 0 spiro atoms. The average molecular weight is 202 g/mol. The summed E-state index contributed by atoms with van der Waals surface area (Å²) in [4.78, 5) is 2.99. The highest BCUT2D eigenvalue weighted by Crippen LogP contribution is 2.10. The average Bonchev–Trinajstić information content (AvgIpc) is 2.03. The highest BCUT2D eigenvalue weighted by Gasteiger charge is 2.21. The van der Waals surface area contributed by atoms with Crippen LogP contribution in [0.2, 0.25) is 0 Å². The summed E-state index contributed by atoms with van der Waals surface area (Å²) in [6.07, 6.45) is 1.14. The SMILES string of the molecule is CC1CN(C(C)CC(N)=S)CCO1. The van der Waals surface area contributed by atoms with Gasteiger partial charge in [0.15, 0.2) is 0 Å². The molecule has 1 fully saturated rings. The largest absolute Gasteiger partial charge is 0.393 e. The van der Waals surface area contributed by atoms with Crippen LogP contribution in [-0.2, 0) is 4.74 Å². The molecule has 0 aliphatic carbocycles. The summed E-state index contributed by atoms with van der Waals surface area (Å²) in [5.41, 5.74) is 5.51. The van der Waals surface area contributed by atoms with E-state index in [-0.39, 0.29) is 0 Å². The van der Waals surface area contributed by atoms with E-state index in [9.17, 15) is 0 Å². The van der Waals surface area contributed by atoms with E-state index in [1.165, 1.54) is 0 Å². The minimum Gasteiger partial charge on any atom is -0.393 e. The van der Waals surface area contributed by atoms with Crippen molar-refractivity contribution < 1.29 is 4.74 Å². The van der Waals surface area contributed by atoms with Gasteiger partial charge < -0.3 is 10.5 Å². The molecule has 2 atom stereocenters. The van der Waals surface area contributed by atoms with Crippen molar-refractivity contribution in [2.75, 3.05) is 19.7 Å². The molecule has 1 aliphatic heterocycles. The van der Waals surface area contributed by atoms with Gasteiger partial charge in [-0.25, -0.2) is 0 Å². The zero-order chi connectivity index (χ0) is 9.84. The number of ether oxygens (including phenoxy) is 1. The van der Waals surface area contributed by atoms with Gasteiger partial charge in [0.05, 0.1) is 17.7 Å². The van der Waals surface area contributed by atoms with Gasteiger partial charge in [-0.1, -0.05) is 12.2 Å².